The van der Waals surface area contributed by atoms with Gasteiger partial charge in [0.05, 0.1) is 18.8 Å². The SMILES string of the molecule is CCCCCCCCCCCCCCCCCC[C@H](O)C(=O)N[C@@H](CO)[C@H](O)CCCCCCCCCCCCCCC. The largest absolute Gasteiger partial charge is 0.394 e. The van der Waals surface area contributed by atoms with Gasteiger partial charge in [0.2, 0.25) is 5.91 Å². The average Bonchev–Trinajstić information content (AvgIpc) is 3.01. The quantitative estimate of drug-likeness (QED) is 0.0537. The molecule has 0 rings (SSSR count). The topological polar surface area (TPSA) is 89.8 Å². The smallest absolute Gasteiger partial charge is 0.249 e. The van der Waals surface area contributed by atoms with Gasteiger partial charge in [0, 0.05) is 0 Å². The van der Waals surface area contributed by atoms with Crippen molar-refractivity contribution in [2.24, 2.45) is 0 Å². The molecule has 0 aromatic heterocycles. The molecular formula is C38H77NO4. The molecule has 43 heavy (non-hydrogen) atoms. The van der Waals surface area contributed by atoms with Crippen LogP contribution < -0.4 is 5.32 Å². The van der Waals surface area contributed by atoms with E-state index in [0.717, 1.165) is 32.1 Å². The molecule has 0 spiro atoms. The summed E-state index contributed by atoms with van der Waals surface area (Å²) in [5, 5.41) is 33.1. The maximum atomic E-state index is 12.4. The van der Waals surface area contributed by atoms with Gasteiger partial charge in [0.15, 0.2) is 0 Å². The lowest BCUT2D eigenvalue weighted by Gasteiger charge is -2.23. The molecule has 0 aliphatic carbocycles. The number of aliphatic hydroxyl groups excluding tert-OH is 3. The Morgan fingerprint density at radius 2 is 0.744 bits per heavy atom. The number of rotatable bonds is 35. The molecule has 0 heterocycles. The Balaban J connectivity index is 3.63. The third-order valence-electron chi connectivity index (χ3n) is 9.23. The standard InChI is InChI=1S/C38H77NO4/c1-3-5-7-9-11-13-15-17-18-19-21-23-25-27-29-31-33-37(42)38(43)39-35(34-40)36(41)32-30-28-26-24-22-20-16-14-12-10-8-6-4-2/h35-37,40-42H,3-34H2,1-2H3,(H,39,43)/t35-,36+,37-/m0/s1. The van der Waals surface area contributed by atoms with Gasteiger partial charge < -0.3 is 20.6 Å². The van der Waals surface area contributed by atoms with Crippen LogP contribution in [0.2, 0.25) is 0 Å². The van der Waals surface area contributed by atoms with Crippen molar-refractivity contribution in [1.82, 2.24) is 5.32 Å². The summed E-state index contributed by atoms with van der Waals surface area (Å²) in [6.45, 7) is 4.23. The Morgan fingerprint density at radius 3 is 1.05 bits per heavy atom. The van der Waals surface area contributed by atoms with Crippen molar-refractivity contribution in [3.05, 3.63) is 0 Å². The number of hydrogen-bond donors (Lipinski definition) is 4. The maximum absolute atomic E-state index is 12.4. The van der Waals surface area contributed by atoms with E-state index in [2.05, 4.69) is 19.2 Å². The van der Waals surface area contributed by atoms with Gasteiger partial charge in [-0.3, -0.25) is 4.79 Å². The Kier molecular flexibility index (Phi) is 33.7. The van der Waals surface area contributed by atoms with E-state index in [0.29, 0.717) is 12.8 Å². The van der Waals surface area contributed by atoms with Crippen LogP contribution in [0.3, 0.4) is 0 Å². The number of amides is 1. The number of aliphatic hydroxyl groups is 3. The third kappa shape index (κ3) is 29.8. The fourth-order valence-electron chi connectivity index (χ4n) is 6.13. The summed E-state index contributed by atoms with van der Waals surface area (Å²) in [5.41, 5.74) is 0. The predicted molar refractivity (Wildman–Crippen MR) is 186 cm³/mol. The molecular weight excluding hydrogens is 534 g/mol. The highest BCUT2D eigenvalue weighted by molar-refractivity contribution is 5.80. The molecule has 1 amide bonds. The van der Waals surface area contributed by atoms with Gasteiger partial charge in [-0.05, 0) is 12.8 Å². The summed E-state index contributed by atoms with van der Waals surface area (Å²) in [4.78, 5) is 12.4. The lowest BCUT2D eigenvalue weighted by molar-refractivity contribution is -0.131. The van der Waals surface area contributed by atoms with Crippen LogP contribution >= 0.6 is 0 Å². The van der Waals surface area contributed by atoms with Gasteiger partial charge in [-0.25, -0.2) is 0 Å². The van der Waals surface area contributed by atoms with Crippen LogP contribution in [0, 0.1) is 0 Å². The normalized spacial score (nSPS) is 13.7. The summed E-state index contributed by atoms with van der Waals surface area (Å²) in [6.07, 6.45) is 36.6. The maximum Gasteiger partial charge on any atom is 0.249 e. The number of carbonyl (C=O) groups excluding carboxylic acids is 1. The van der Waals surface area contributed by atoms with E-state index in [1.54, 1.807) is 0 Å². The van der Waals surface area contributed by atoms with Crippen LogP contribution in [0.25, 0.3) is 0 Å². The van der Waals surface area contributed by atoms with E-state index in [1.165, 1.54) is 154 Å². The van der Waals surface area contributed by atoms with Crippen LogP contribution in [0.15, 0.2) is 0 Å². The lowest BCUT2D eigenvalue weighted by atomic mass is 10.0. The molecule has 0 fully saturated rings. The van der Waals surface area contributed by atoms with Crippen LogP contribution in [0.4, 0.5) is 0 Å². The molecule has 4 N–H and O–H groups in total. The van der Waals surface area contributed by atoms with E-state index >= 15 is 0 Å². The fraction of sp³-hybridized carbons (Fsp3) is 0.974. The summed E-state index contributed by atoms with van der Waals surface area (Å²) in [5.74, 6) is -0.468. The molecule has 3 atom stereocenters. The van der Waals surface area contributed by atoms with Crippen molar-refractivity contribution >= 4 is 5.91 Å². The third-order valence-corrected chi connectivity index (χ3v) is 9.23. The van der Waals surface area contributed by atoms with Crippen molar-refractivity contribution in [2.45, 2.75) is 231 Å². The number of carbonyl (C=O) groups is 1. The first kappa shape index (κ1) is 42.3. The Hall–Kier alpha value is -0.650. The number of hydrogen-bond acceptors (Lipinski definition) is 4. The second-order valence-electron chi connectivity index (χ2n) is 13.5. The zero-order valence-corrected chi connectivity index (χ0v) is 29.1. The molecule has 0 bridgehead atoms. The predicted octanol–water partition coefficient (Wildman–Crippen LogP) is 10.3. The highest BCUT2D eigenvalue weighted by Gasteiger charge is 2.23. The van der Waals surface area contributed by atoms with Crippen molar-refractivity contribution in [3.63, 3.8) is 0 Å². The van der Waals surface area contributed by atoms with Gasteiger partial charge in [0.25, 0.3) is 0 Å². The van der Waals surface area contributed by atoms with E-state index < -0.39 is 24.2 Å². The zero-order chi connectivity index (χ0) is 31.6. The van der Waals surface area contributed by atoms with E-state index in [9.17, 15) is 20.1 Å². The van der Waals surface area contributed by atoms with Gasteiger partial charge in [0.1, 0.15) is 6.10 Å². The van der Waals surface area contributed by atoms with Gasteiger partial charge in [-0.15, -0.1) is 0 Å². The molecule has 0 saturated carbocycles. The van der Waals surface area contributed by atoms with Crippen LogP contribution in [0.1, 0.15) is 213 Å². The summed E-state index contributed by atoms with van der Waals surface area (Å²) >= 11 is 0. The van der Waals surface area contributed by atoms with Gasteiger partial charge >= 0.3 is 0 Å². The molecule has 0 aliphatic rings. The first-order valence-corrected chi connectivity index (χ1v) is 19.3. The van der Waals surface area contributed by atoms with Crippen LogP contribution in [-0.2, 0) is 4.79 Å². The Bertz CT molecular complexity index is 558. The molecule has 0 aromatic rings. The second kappa shape index (κ2) is 34.2. The highest BCUT2D eigenvalue weighted by atomic mass is 16.3. The minimum atomic E-state index is -1.07. The minimum absolute atomic E-state index is 0.308. The fourth-order valence-corrected chi connectivity index (χ4v) is 6.13. The van der Waals surface area contributed by atoms with Crippen LogP contribution in [0.5, 0.6) is 0 Å². The second-order valence-corrected chi connectivity index (χ2v) is 13.5. The Labute approximate surface area is 268 Å². The average molecular weight is 612 g/mol. The van der Waals surface area contributed by atoms with Gasteiger partial charge in [-0.1, -0.05) is 200 Å². The minimum Gasteiger partial charge on any atom is -0.394 e. The van der Waals surface area contributed by atoms with Crippen molar-refractivity contribution in [1.29, 1.82) is 0 Å². The summed E-state index contributed by atoms with van der Waals surface area (Å²) in [7, 11) is 0. The molecule has 0 unspecified atom stereocenters. The van der Waals surface area contributed by atoms with E-state index in [4.69, 9.17) is 0 Å². The molecule has 0 radical (unpaired) electrons. The number of nitrogens with one attached hydrogen (secondary N) is 1. The first-order valence-electron chi connectivity index (χ1n) is 19.3. The molecule has 0 aliphatic heterocycles. The highest BCUT2D eigenvalue weighted by Crippen LogP contribution is 2.16. The molecule has 0 aromatic carbocycles. The lowest BCUT2D eigenvalue weighted by Crippen LogP contribution is -2.49. The van der Waals surface area contributed by atoms with E-state index in [1.807, 2.05) is 0 Å². The molecule has 0 saturated heterocycles. The zero-order valence-electron chi connectivity index (χ0n) is 29.1. The van der Waals surface area contributed by atoms with Crippen LogP contribution in [-0.4, -0.2) is 46.1 Å². The first-order chi connectivity index (χ1) is 21.1. The Morgan fingerprint density at radius 1 is 0.465 bits per heavy atom. The van der Waals surface area contributed by atoms with Gasteiger partial charge in [-0.2, -0.15) is 0 Å². The molecule has 258 valence electrons. The number of unbranched alkanes of at least 4 members (excludes halogenated alkanes) is 27. The monoisotopic (exact) mass is 612 g/mol. The molecule has 5 nitrogen and oxygen atoms in total. The van der Waals surface area contributed by atoms with Crippen molar-refractivity contribution < 1.29 is 20.1 Å². The van der Waals surface area contributed by atoms with E-state index in [-0.39, 0.29) is 6.61 Å². The molecule has 5 heteroatoms. The van der Waals surface area contributed by atoms with Crippen molar-refractivity contribution in [3.8, 4) is 0 Å². The summed E-state index contributed by atoms with van der Waals surface area (Å²) < 4.78 is 0. The van der Waals surface area contributed by atoms with Crippen molar-refractivity contribution in [2.75, 3.05) is 6.61 Å². The summed E-state index contributed by atoms with van der Waals surface area (Å²) in [6, 6.07) is -0.703.